The normalized spacial score (nSPS) is 11.3. The van der Waals surface area contributed by atoms with Gasteiger partial charge in [0.2, 0.25) is 0 Å². The van der Waals surface area contributed by atoms with Crippen LogP contribution in [0.3, 0.4) is 0 Å². The van der Waals surface area contributed by atoms with Crippen molar-refractivity contribution in [3.63, 3.8) is 0 Å². The summed E-state index contributed by atoms with van der Waals surface area (Å²) in [5.74, 6) is 0.244. The van der Waals surface area contributed by atoms with E-state index in [-0.39, 0.29) is 10.8 Å². The maximum Gasteiger partial charge on any atom is 0.261 e. The number of hydrogen-bond donors (Lipinski definition) is 2. The number of hydrogen-bond acceptors (Lipinski definition) is 5. The SMILES string of the molecule is COc1cccc(NS(=O)(=O)c2cccc(C(=O)NCCCN(C)C)c2)c1. The van der Waals surface area contributed by atoms with Crippen molar-refractivity contribution in [1.82, 2.24) is 10.2 Å². The van der Waals surface area contributed by atoms with Crippen LogP contribution in [0.4, 0.5) is 5.69 Å². The zero-order chi connectivity index (χ0) is 19.9. The second kappa shape index (κ2) is 9.38. The molecule has 2 aromatic carbocycles. The Balaban J connectivity index is 2.09. The van der Waals surface area contributed by atoms with Gasteiger partial charge in [-0.15, -0.1) is 0 Å². The van der Waals surface area contributed by atoms with Crippen molar-refractivity contribution in [3.8, 4) is 5.75 Å². The van der Waals surface area contributed by atoms with E-state index >= 15 is 0 Å². The molecule has 0 heterocycles. The zero-order valence-electron chi connectivity index (χ0n) is 15.7. The second-order valence-electron chi connectivity index (χ2n) is 6.28. The van der Waals surface area contributed by atoms with E-state index in [1.165, 1.54) is 19.2 Å². The molecule has 0 aliphatic carbocycles. The van der Waals surface area contributed by atoms with E-state index in [9.17, 15) is 13.2 Å². The highest BCUT2D eigenvalue weighted by molar-refractivity contribution is 7.92. The lowest BCUT2D eigenvalue weighted by molar-refractivity contribution is 0.0952. The molecule has 2 rings (SSSR count). The summed E-state index contributed by atoms with van der Waals surface area (Å²) in [7, 11) is 1.61. The van der Waals surface area contributed by atoms with Gasteiger partial charge in [-0.25, -0.2) is 8.42 Å². The fraction of sp³-hybridized carbons (Fsp3) is 0.316. The van der Waals surface area contributed by atoms with E-state index in [0.29, 0.717) is 23.5 Å². The molecule has 0 atom stereocenters. The number of carbonyl (C=O) groups excluding carboxylic acids is 1. The quantitative estimate of drug-likeness (QED) is 0.640. The van der Waals surface area contributed by atoms with Crippen LogP contribution in [0.5, 0.6) is 5.75 Å². The number of anilines is 1. The van der Waals surface area contributed by atoms with Crippen molar-refractivity contribution < 1.29 is 17.9 Å². The number of carbonyl (C=O) groups is 1. The summed E-state index contributed by atoms with van der Waals surface area (Å²) in [6, 6.07) is 12.6. The summed E-state index contributed by atoms with van der Waals surface area (Å²) >= 11 is 0. The van der Waals surface area contributed by atoms with Crippen molar-refractivity contribution in [2.45, 2.75) is 11.3 Å². The molecule has 2 N–H and O–H groups in total. The van der Waals surface area contributed by atoms with Crippen LogP contribution in [0.1, 0.15) is 16.8 Å². The Morgan fingerprint density at radius 3 is 2.56 bits per heavy atom. The minimum Gasteiger partial charge on any atom is -0.497 e. The van der Waals surface area contributed by atoms with Crippen molar-refractivity contribution in [3.05, 3.63) is 54.1 Å². The number of benzene rings is 2. The van der Waals surface area contributed by atoms with Crippen molar-refractivity contribution in [2.24, 2.45) is 0 Å². The Labute approximate surface area is 160 Å². The molecule has 0 bridgehead atoms. The Morgan fingerprint density at radius 2 is 1.85 bits per heavy atom. The molecule has 27 heavy (non-hydrogen) atoms. The number of ether oxygens (including phenoxy) is 1. The topological polar surface area (TPSA) is 87.7 Å². The summed E-state index contributed by atoms with van der Waals surface area (Å²) in [6.45, 7) is 1.38. The Kier molecular flexibility index (Phi) is 7.20. The molecule has 0 spiro atoms. The minimum absolute atomic E-state index is 0.0197. The van der Waals surface area contributed by atoms with Crippen LogP contribution in [0.2, 0.25) is 0 Å². The van der Waals surface area contributed by atoms with Crippen LogP contribution in [0.25, 0.3) is 0 Å². The van der Waals surface area contributed by atoms with Gasteiger partial charge in [0.05, 0.1) is 17.7 Å². The highest BCUT2D eigenvalue weighted by Gasteiger charge is 2.16. The first-order chi connectivity index (χ1) is 12.8. The van der Waals surface area contributed by atoms with Gasteiger partial charge in [-0.2, -0.15) is 0 Å². The molecule has 0 saturated heterocycles. The monoisotopic (exact) mass is 391 g/mol. The van der Waals surface area contributed by atoms with Gasteiger partial charge < -0.3 is 15.0 Å². The van der Waals surface area contributed by atoms with Crippen molar-refractivity contribution >= 4 is 21.6 Å². The largest absolute Gasteiger partial charge is 0.497 e. The van der Waals surface area contributed by atoms with Gasteiger partial charge in [0.1, 0.15) is 5.75 Å². The molecular formula is C19H25N3O4S. The lowest BCUT2D eigenvalue weighted by Crippen LogP contribution is -2.27. The molecule has 2 aromatic rings. The third-order valence-electron chi connectivity index (χ3n) is 3.80. The first-order valence-electron chi connectivity index (χ1n) is 8.52. The summed E-state index contributed by atoms with van der Waals surface area (Å²) < 4.78 is 32.8. The summed E-state index contributed by atoms with van der Waals surface area (Å²) in [4.78, 5) is 14.3. The summed E-state index contributed by atoms with van der Waals surface area (Å²) in [5, 5.41) is 2.80. The average Bonchev–Trinajstić information content (AvgIpc) is 2.65. The van der Waals surface area contributed by atoms with Crippen molar-refractivity contribution in [2.75, 3.05) is 39.0 Å². The highest BCUT2D eigenvalue weighted by Crippen LogP contribution is 2.21. The van der Waals surface area contributed by atoms with Crippen LogP contribution in [0, 0.1) is 0 Å². The smallest absolute Gasteiger partial charge is 0.261 e. The van der Waals surface area contributed by atoms with E-state index in [1.807, 2.05) is 19.0 Å². The van der Waals surface area contributed by atoms with Gasteiger partial charge in [-0.05, 0) is 57.4 Å². The molecule has 0 radical (unpaired) electrons. The summed E-state index contributed by atoms with van der Waals surface area (Å²) in [5.41, 5.74) is 0.682. The van der Waals surface area contributed by atoms with E-state index < -0.39 is 10.0 Å². The summed E-state index contributed by atoms with van der Waals surface area (Å²) in [6.07, 6.45) is 0.814. The number of methoxy groups -OCH3 is 1. The van der Waals surface area contributed by atoms with Crippen LogP contribution < -0.4 is 14.8 Å². The van der Waals surface area contributed by atoms with E-state index in [1.54, 1.807) is 36.4 Å². The zero-order valence-corrected chi connectivity index (χ0v) is 16.5. The van der Waals surface area contributed by atoms with Gasteiger partial charge >= 0.3 is 0 Å². The molecule has 0 unspecified atom stereocenters. The van der Waals surface area contributed by atoms with Crippen LogP contribution in [-0.4, -0.2) is 53.5 Å². The minimum atomic E-state index is -3.82. The van der Waals surface area contributed by atoms with Gasteiger partial charge in [0, 0.05) is 18.2 Å². The molecule has 146 valence electrons. The highest BCUT2D eigenvalue weighted by atomic mass is 32.2. The predicted octanol–water partition coefficient (Wildman–Crippen LogP) is 2.18. The van der Waals surface area contributed by atoms with Gasteiger partial charge in [0.15, 0.2) is 0 Å². The number of nitrogens with zero attached hydrogens (tertiary/aromatic N) is 1. The fourth-order valence-corrected chi connectivity index (χ4v) is 3.50. The first kappa shape index (κ1) is 20.7. The second-order valence-corrected chi connectivity index (χ2v) is 7.96. The molecule has 0 saturated carbocycles. The Bertz CT molecular complexity index is 882. The van der Waals surface area contributed by atoms with Crippen LogP contribution >= 0.6 is 0 Å². The maximum absolute atomic E-state index is 12.6. The van der Waals surface area contributed by atoms with Gasteiger partial charge in [-0.1, -0.05) is 12.1 Å². The third kappa shape index (κ3) is 6.26. The first-order valence-corrected chi connectivity index (χ1v) is 10.00. The van der Waals surface area contributed by atoms with Crippen molar-refractivity contribution in [1.29, 1.82) is 0 Å². The van der Waals surface area contributed by atoms with E-state index in [0.717, 1.165) is 13.0 Å². The number of amides is 1. The molecular weight excluding hydrogens is 366 g/mol. The van der Waals surface area contributed by atoms with Gasteiger partial charge in [0.25, 0.3) is 15.9 Å². The molecule has 8 heteroatoms. The molecule has 0 aromatic heterocycles. The van der Waals surface area contributed by atoms with Crippen LogP contribution in [-0.2, 0) is 10.0 Å². The lowest BCUT2D eigenvalue weighted by Gasteiger charge is -2.11. The molecule has 7 nitrogen and oxygen atoms in total. The molecule has 0 aliphatic rings. The standard InChI is InChI=1S/C19H25N3O4S/c1-22(2)12-6-11-20-19(23)15-7-4-10-18(13-15)27(24,25)21-16-8-5-9-17(14-16)26-3/h4-5,7-10,13-14,21H,6,11-12H2,1-3H3,(H,20,23). The van der Waals surface area contributed by atoms with E-state index in [2.05, 4.69) is 10.0 Å². The van der Waals surface area contributed by atoms with E-state index in [4.69, 9.17) is 4.74 Å². The fourth-order valence-electron chi connectivity index (χ4n) is 2.40. The number of nitrogens with one attached hydrogen (secondary N) is 2. The molecule has 0 fully saturated rings. The number of rotatable bonds is 9. The maximum atomic E-state index is 12.6. The van der Waals surface area contributed by atoms with Crippen LogP contribution in [0.15, 0.2) is 53.4 Å². The lowest BCUT2D eigenvalue weighted by atomic mass is 10.2. The molecule has 0 aliphatic heterocycles. The number of sulfonamides is 1. The molecule has 1 amide bonds. The average molecular weight is 391 g/mol. The third-order valence-corrected chi connectivity index (χ3v) is 5.18. The Hall–Kier alpha value is -2.58. The predicted molar refractivity (Wildman–Crippen MR) is 106 cm³/mol. The van der Waals surface area contributed by atoms with Gasteiger partial charge in [-0.3, -0.25) is 9.52 Å². The Morgan fingerprint density at radius 1 is 1.11 bits per heavy atom.